The second kappa shape index (κ2) is 2.51. The van der Waals surface area contributed by atoms with Crippen LogP contribution in [0.15, 0.2) is 0 Å². The van der Waals surface area contributed by atoms with Crippen molar-refractivity contribution in [3.05, 3.63) is 0 Å². The van der Waals surface area contributed by atoms with Crippen LogP contribution >= 0.6 is 0 Å². The lowest BCUT2D eigenvalue weighted by atomic mass is 10.1. The van der Waals surface area contributed by atoms with Crippen molar-refractivity contribution in [2.24, 2.45) is 23.0 Å². The van der Waals surface area contributed by atoms with E-state index >= 15 is 0 Å². The third kappa shape index (κ3) is 1.06. The van der Waals surface area contributed by atoms with Gasteiger partial charge in [0.1, 0.15) is 0 Å². The average molecular weight is 143 g/mol. The molecule has 0 aliphatic heterocycles. The third-order valence-electron chi connectivity index (χ3n) is 2.89. The van der Waals surface area contributed by atoms with E-state index in [1.54, 1.807) is 7.11 Å². The molecule has 0 aromatic heterocycles. The first kappa shape index (κ1) is 8.02. The van der Waals surface area contributed by atoms with Crippen LogP contribution in [-0.2, 0) is 4.74 Å². The lowest BCUT2D eigenvalue weighted by molar-refractivity contribution is 0.172. The molecule has 0 amide bonds. The fourth-order valence-electron chi connectivity index (χ4n) is 1.84. The molecule has 1 fully saturated rings. The van der Waals surface area contributed by atoms with Crippen LogP contribution in [0.3, 0.4) is 0 Å². The molecule has 0 aromatic rings. The van der Waals surface area contributed by atoms with Crippen molar-refractivity contribution in [1.82, 2.24) is 0 Å². The molecule has 2 atom stereocenters. The van der Waals surface area contributed by atoms with Crippen molar-refractivity contribution < 1.29 is 4.74 Å². The Morgan fingerprint density at radius 3 is 2.30 bits per heavy atom. The maximum absolute atomic E-state index is 5.57. The standard InChI is InChI=1S/C8H17NO/c1-8(2)6(4-9)7(8)5-10-3/h6-7H,4-5,9H2,1-3H3/t6-,7-/m1/s1. The fourth-order valence-corrected chi connectivity index (χ4v) is 1.84. The van der Waals surface area contributed by atoms with Gasteiger partial charge in [0.25, 0.3) is 0 Å². The van der Waals surface area contributed by atoms with Crippen LogP contribution in [0.25, 0.3) is 0 Å². The van der Waals surface area contributed by atoms with Crippen molar-refractivity contribution in [2.75, 3.05) is 20.3 Å². The molecule has 2 N–H and O–H groups in total. The van der Waals surface area contributed by atoms with Gasteiger partial charge in [0, 0.05) is 13.7 Å². The summed E-state index contributed by atoms with van der Waals surface area (Å²) in [6.07, 6.45) is 0. The summed E-state index contributed by atoms with van der Waals surface area (Å²) in [5, 5.41) is 0. The van der Waals surface area contributed by atoms with Gasteiger partial charge in [-0.05, 0) is 23.8 Å². The van der Waals surface area contributed by atoms with E-state index in [1.165, 1.54) is 0 Å². The van der Waals surface area contributed by atoms with E-state index in [0.29, 0.717) is 17.3 Å². The molecule has 0 heterocycles. The molecule has 0 unspecified atom stereocenters. The molecule has 2 heteroatoms. The maximum atomic E-state index is 5.57. The summed E-state index contributed by atoms with van der Waals surface area (Å²) >= 11 is 0. The van der Waals surface area contributed by atoms with Crippen molar-refractivity contribution in [3.63, 3.8) is 0 Å². The van der Waals surface area contributed by atoms with Crippen LogP contribution in [0.2, 0.25) is 0 Å². The predicted octanol–water partition coefficient (Wildman–Crippen LogP) is 0.864. The molecule has 1 rings (SSSR count). The Kier molecular flexibility index (Phi) is 2.02. The van der Waals surface area contributed by atoms with Gasteiger partial charge in [-0.1, -0.05) is 13.8 Å². The number of methoxy groups -OCH3 is 1. The lowest BCUT2D eigenvalue weighted by Crippen LogP contribution is -2.05. The van der Waals surface area contributed by atoms with Gasteiger partial charge in [0.2, 0.25) is 0 Å². The zero-order valence-corrected chi connectivity index (χ0v) is 7.05. The highest BCUT2D eigenvalue weighted by atomic mass is 16.5. The van der Waals surface area contributed by atoms with E-state index in [4.69, 9.17) is 10.5 Å². The summed E-state index contributed by atoms with van der Waals surface area (Å²) < 4.78 is 5.08. The molecule has 2 nitrogen and oxygen atoms in total. The molecule has 0 spiro atoms. The first-order valence-corrected chi connectivity index (χ1v) is 3.83. The Hall–Kier alpha value is -0.0800. The largest absolute Gasteiger partial charge is 0.384 e. The molecule has 1 saturated carbocycles. The Morgan fingerprint density at radius 1 is 1.40 bits per heavy atom. The summed E-state index contributed by atoms with van der Waals surface area (Å²) in [5.74, 6) is 1.38. The van der Waals surface area contributed by atoms with E-state index in [9.17, 15) is 0 Å². The Bertz CT molecular complexity index is 122. The Balaban J connectivity index is 2.37. The summed E-state index contributed by atoms with van der Waals surface area (Å²) in [6.45, 7) is 6.19. The number of ether oxygens (including phenoxy) is 1. The van der Waals surface area contributed by atoms with Crippen LogP contribution in [0.4, 0.5) is 0 Å². The molecule has 0 bridgehead atoms. The number of hydrogen-bond donors (Lipinski definition) is 1. The summed E-state index contributed by atoms with van der Waals surface area (Å²) in [7, 11) is 1.75. The molecule has 0 radical (unpaired) electrons. The van der Waals surface area contributed by atoms with E-state index in [-0.39, 0.29) is 0 Å². The zero-order chi connectivity index (χ0) is 7.78. The second-order valence-corrected chi connectivity index (χ2v) is 3.73. The summed E-state index contributed by atoms with van der Waals surface area (Å²) in [4.78, 5) is 0. The van der Waals surface area contributed by atoms with E-state index in [1.807, 2.05) is 0 Å². The second-order valence-electron chi connectivity index (χ2n) is 3.73. The SMILES string of the molecule is COC[C@@H]1[C@@H](CN)C1(C)C. The topological polar surface area (TPSA) is 35.2 Å². The van der Waals surface area contributed by atoms with E-state index < -0.39 is 0 Å². The van der Waals surface area contributed by atoms with Gasteiger partial charge in [-0.25, -0.2) is 0 Å². The minimum absolute atomic E-state index is 0.435. The van der Waals surface area contributed by atoms with Crippen molar-refractivity contribution in [2.45, 2.75) is 13.8 Å². The first-order chi connectivity index (χ1) is 4.64. The predicted molar refractivity (Wildman–Crippen MR) is 41.7 cm³/mol. The highest BCUT2D eigenvalue weighted by molar-refractivity contribution is 5.04. The first-order valence-electron chi connectivity index (χ1n) is 3.83. The smallest absolute Gasteiger partial charge is 0.0499 e. The minimum Gasteiger partial charge on any atom is -0.384 e. The lowest BCUT2D eigenvalue weighted by Gasteiger charge is -1.99. The van der Waals surface area contributed by atoms with Gasteiger partial charge in [0.05, 0.1) is 0 Å². The van der Waals surface area contributed by atoms with Crippen molar-refractivity contribution in [1.29, 1.82) is 0 Å². The van der Waals surface area contributed by atoms with Crippen molar-refractivity contribution in [3.8, 4) is 0 Å². The quantitative estimate of drug-likeness (QED) is 0.636. The fraction of sp³-hybridized carbons (Fsp3) is 1.00. The van der Waals surface area contributed by atoms with E-state index in [0.717, 1.165) is 13.2 Å². The van der Waals surface area contributed by atoms with Gasteiger partial charge in [-0.2, -0.15) is 0 Å². The Labute approximate surface area is 62.7 Å². The highest BCUT2D eigenvalue weighted by Crippen LogP contribution is 2.57. The highest BCUT2D eigenvalue weighted by Gasteiger charge is 2.56. The van der Waals surface area contributed by atoms with E-state index in [2.05, 4.69) is 13.8 Å². The van der Waals surface area contributed by atoms with Gasteiger partial charge in [0.15, 0.2) is 0 Å². The molecular weight excluding hydrogens is 126 g/mol. The molecule has 1 aliphatic carbocycles. The van der Waals surface area contributed by atoms with Crippen LogP contribution in [0.5, 0.6) is 0 Å². The monoisotopic (exact) mass is 143 g/mol. The Morgan fingerprint density at radius 2 is 2.00 bits per heavy atom. The molecule has 10 heavy (non-hydrogen) atoms. The van der Waals surface area contributed by atoms with Crippen molar-refractivity contribution >= 4 is 0 Å². The number of hydrogen-bond acceptors (Lipinski definition) is 2. The van der Waals surface area contributed by atoms with Gasteiger partial charge in [-0.15, -0.1) is 0 Å². The molecule has 60 valence electrons. The molecule has 1 aliphatic rings. The molecular formula is C8H17NO. The number of rotatable bonds is 3. The average Bonchev–Trinajstić information content (AvgIpc) is 2.36. The summed E-state index contributed by atoms with van der Waals surface area (Å²) in [6, 6.07) is 0. The van der Waals surface area contributed by atoms with Gasteiger partial charge < -0.3 is 10.5 Å². The minimum atomic E-state index is 0.435. The van der Waals surface area contributed by atoms with Crippen LogP contribution in [0.1, 0.15) is 13.8 Å². The molecule has 0 aromatic carbocycles. The van der Waals surface area contributed by atoms with Crippen LogP contribution in [-0.4, -0.2) is 20.3 Å². The number of nitrogens with two attached hydrogens (primary N) is 1. The van der Waals surface area contributed by atoms with Crippen LogP contribution < -0.4 is 5.73 Å². The summed E-state index contributed by atoms with van der Waals surface area (Å²) in [5.41, 5.74) is 6.01. The third-order valence-corrected chi connectivity index (χ3v) is 2.89. The zero-order valence-electron chi connectivity index (χ0n) is 7.05. The van der Waals surface area contributed by atoms with Crippen LogP contribution in [0, 0.1) is 17.3 Å². The van der Waals surface area contributed by atoms with Gasteiger partial charge in [-0.3, -0.25) is 0 Å². The molecule has 0 saturated heterocycles. The normalized spacial score (nSPS) is 36.0. The maximum Gasteiger partial charge on any atom is 0.0499 e. The van der Waals surface area contributed by atoms with Gasteiger partial charge >= 0.3 is 0 Å².